The number of hydrogen-bond donors (Lipinski definition) is 1. The second-order valence-electron chi connectivity index (χ2n) is 7.63. The standard InChI is InChI=1S/C19H24Cl2N4OS/c1-19(2,3)17(26)25-8-6-24(7-9-25)16-5-4-13(10-15(16)20)22-11-14-12-23-18(21)27-14/h4-5,10,12,22H,6-9,11H2,1-3H3. The minimum atomic E-state index is -0.338. The Labute approximate surface area is 174 Å². The van der Waals surface area contributed by atoms with Gasteiger partial charge in [0.25, 0.3) is 0 Å². The van der Waals surface area contributed by atoms with Crippen molar-refractivity contribution < 1.29 is 4.79 Å². The van der Waals surface area contributed by atoms with Crippen molar-refractivity contribution in [1.29, 1.82) is 0 Å². The quantitative estimate of drug-likeness (QED) is 0.765. The van der Waals surface area contributed by atoms with E-state index in [9.17, 15) is 4.79 Å². The van der Waals surface area contributed by atoms with Crippen LogP contribution in [0.2, 0.25) is 9.49 Å². The first-order chi connectivity index (χ1) is 12.7. The normalized spacial score (nSPS) is 15.1. The maximum Gasteiger partial charge on any atom is 0.228 e. The summed E-state index contributed by atoms with van der Waals surface area (Å²) in [6.07, 6.45) is 1.77. The van der Waals surface area contributed by atoms with E-state index in [1.165, 1.54) is 11.3 Å². The molecule has 0 saturated carbocycles. The molecule has 27 heavy (non-hydrogen) atoms. The zero-order valence-electron chi connectivity index (χ0n) is 15.8. The van der Waals surface area contributed by atoms with E-state index in [-0.39, 0.29) is 11.3 Å². The molecule has 2 aromatic rings. The van der Waals surface area contributed by atoms with Crippen LogP contribution in [-0.2, 0) is 11.3 Å². The maximum atomic E-state index is 12.4. The summed E-state index contributed by atoms with van der Waals surface area (Å²) in [5, 5.41) is 4.05. The van der Waals surface area contributed by atoms with Crippen LogP contribution in [-0.4, -0.2) is 42.0 Å². The molecule has 8 heteroatoms. The number of amides is 1. The summed E-state index contributed by atoms with van der Waals surface area (Å²) in [6.45, 7) is 9.56. The van der Waals surface area contributed by atoms with Crippen LogP contribution in [0.1, 0.15) is 25.6 Å². The lowest BCUT2D eigenvalue weighted by atomic mass is 9.94. The minimum absolute atomic E-state index is 0.205. The van der Waals surface area contributed by atoms with E-state index in [0.29, 0.717) is 16.0 Å². The third kappa shape index (κ3) is 5.06. The molecule has 2 heterocycles. The van der Waals surface area contributed by atoms with Gasteiger partial charge in [-0.3, -0.25) is 4.79 Å². The lowest BCUT2D eigenvalue weighted by molar-refractivity contribution is -0.139. The molecule has 1 aliphatic heterocycles. The monoisotopic (exact) mass is 426 g/mol. The van der Waals surface area contributed by atoms with Gasteiger partial charge in [0.2, 0.25) is 5.91 Å². The maximum absolute atomic E-state index is 12.4. The van der Waals surface area contributed by atoms with E-state index < -0.39 is 0 Å². The van der Waals surface area contributed by atoms with E-state index in [2.05, 4.69) is 15.2 Å². The second-order valence-corrected chi connectivity index (χ2v) is 9.73. The van der Waals surface area contributed by atoms with Crippen LogP contribution in [0.3, 0.4) is 0 Å². The topological polar surface area (TPSA) is 48.5 Å². The molecule has 0 unspecified atom stereocenters. The van der Waals surface area contributed by atoms with Crippen LogP contribution in [0.5, 0.6) is 0 Å². The van der Waals surface area contributed by atoms with E-state index in [4.69, 9.17) is 23.2 Å². The van der Waals surface area contributed by atoms with E-state index in [1.807, 2.05) is 43.9 Å². The number of piperazine rings is 1. The van der Waals surface area contributed by atoms with Crippen molar-refractivity contribution in [2.45, 2.75) is 27.3 Å². The molecule has 0 radical (unpaired) electrons. The van der Waals surface area contributed by atoms with Gasteiger partial charge < -0.3 is 15.1 Å². The van der Waals surface area contributed by atoms with Gasteiger partial charge in [0.05, 0.1) is 17.3 Å². The van der Waals surface area contributed by atoms with Crippen molar-refractivity contribution in [3.8, 4) is 0 Å². The summed E-state index contributed by atoms with van der Waals surface area (Å²) in [7, 11) is 0. The largest absolute Gasteiger partial charge is 0.380 e. The SMILES string of the molecule is CC(C)(C)C(=O)N1CCN(c2ccc(NCc3cnc(Cl)s3)cc2Cl)CC1. The van der Waals surface area contributed by atoms with Crippen LogP contribution >= 0.6 is 34.5 Å². The molecule has 0 bridgehead atoms. The highest BCUT2D eigenvalue weighted by atomic mass is 35.5. The zero-order valence-corrected chi connectivity index (χ0v) is 18.1. The molecule has 0 atom stereocenters. The van der Waals surface area contributed by atoms with E-state index >= 15 is 0 Å². The lowest BCUT2D eigenvalue weighted by Crippen LogP contribution is -2.51. The first-order valence-electron chi connectivity index (χ1n) is 8.92. The fourth-order valence-electron chi connectivity index (χ4n) is 3.05. The molecule has 1 saturated heterocycles. The van der Waals surface area contributed by atoms with Gasteiger partial charge in [0.1, 0.15) is 0 Å². The molecular formula is C19H24Cl2N4OS. The molecule has 1 amide bonds. The molecule has 146 valence electrons. The Balaban J connectivity index is 1.59. The number of halogens is 2. The number of rotatable bonds is 4. The summed E-state index contributed by atoms with van der Waals surface area (Å²) in [5.41, 5.74) is 1.62. The van der Waals surface area contributed by atoms with Gasteiger partial charge in [0.15, 0.2) is 4.47 Å². The second kappa shape index (κ2) is 8.25. The van der Waals surface area contributed by atoms with Crippen molar-refractivity contribution in [1.82, 2.24) is 9.88 Å². The highest BCUT2D eigenvalue weighted by molar-refractivity contribution is 7.15. The summed E-state index contributed by atoms with van der Waals surface area (Å²) < 4.78 is 0.546. The fourth-order valence-corrected chi connectivity index (χ4v) is 4.27. The number of anilines is 2. The number of nitrogens with zero attached hydrogens (tertiary/aromatic N) is 3. The number of carbonyl (C=O) groups excluding carboxylic acids is 1. The number of carbonyl (C=O) groups is 1. The summed E-state index contributed by atoms with van der Waals surface area (Å²) in [4.78, 5) is 21.7. The van der Waals surface area contributed by atoms with Crippen LogP contribution in [0.25, 0.3) is 0 Å². The van der Waals surface area contributed by atoms with Crippen LogP contribution in [0, 0.1) is 5.41 Å². The first kappa shape index (κ1) is 20.2. The number of aromatic nitrogens is 1. The fraction of sp³-hybridized carbons (Fsp3) is 0.474. The molecule has 1 aromatic heterocycles. The molecule has 0 aliphatic carbocycles. The van der Waals surface area contributed by atoms with Crippen molar-refractivity contribution in [3.05, 3.63) is 38.8 Å². The number of benzene rings is 1. The predicted molar refractivity (Wildman–Crippen MR) is 114 cm³/mol. The third-order valence-corrected chi connectivity index (χ3v) is 5.91. The van der Waals surface area contributed by atoms with Crippen molar-refractivity contribution in [2.24, 2.45) is 5.41 Å². The summed E-state index contributed by atoms with van der Waals surface area (Å²) in [6, 6.07) is 5.99. The van der Waals surface area contributed by atoms with Gasteiger partial charge >= 0.3 is 0 Å². The highest BCUT2D eigenvalue weighted by Crippen LogP contribution is 2.30. The van der Waals surface area contributed by atoms with Crippen molar-refractivity contribution >= 4 is 51.8 Å². The molecule has 5 nitrogen and oxygen atoms in total. The van der Waals surface area contributed by atoms with Gasteiger partial charge in [-0.2, -0.15) is 0 Å². The van der Waals surface area contributed by atoms with Crippen LogP contribution in [0.15, 0.2) is 24.4 Å². The predicted octanol–water partition coefficient (Wildman–Crippen LogP) is 4.76. The van der Waals surface area contributed by atoms with Gasteiger partial charge in [-0.1, -0.05) is 44.0 Å². The molecule has 1 aromatic carbocycles. The lowest BCUT2D eigenvalue weighted by Gasteiger charge is -2.39. The Morgan fingerprint density at radius 2 is 1.93 bits per heavy atom. The Kier molecular flexibility index (Phi) is 6.18. The van der Waals surface area contributed by atoms with Crippen molar-refractivity contribution in [3.63, 3.8) is 0 Å². The van der Waals surface area contributed by atoms with Gasteiger partial charge in [0, 0.05) is 48.4 Å². The molecule has 1 fully saturated rings. The molecule has 3 rings (SSSR count). The molecule has 0 spiro atoms. The first-order valence-corrected chi connectivity index (χ1v) is 10.5. The van der Waals surface area contributed by atoms with Gasteiger partial charge in [-0.05, 0) is 18.2 Å². The molecule has 1 aliphatic rings. The zero-order chi connectivity index (χ0) is 19.6. The molecular weight excluding hydrogens is 403 g/mol. The summed E-state index contributed by atoms with van der Waals surface area (Å²) >= 11 is 13.8. The molecule has 1 N–H and O–H groups in total. The van der Waals surface area contributed by atoms with Gasteiger partial charge in [-0.25, -0.2) is 4.98 Å². The van der Waals surface area contributed by atoms with Gasteiger partial charge in [-0.15, -0.1) is 11.3 Å². The number of nitrogens with one attached hydrogen (secondary N) is 1. The average molecular weight is 427 g/mol. The summed E-state index contributed by atoms with van der Waals surface area (Å²) in [5.74, 6) is 0.205. The van der Waals surface area contributed by atoms with Crippen LogP contribution < -0.4 is 10.2 Å². The number of hydrogen-bond acceptors (Lipinski definition) is 5. The Morgan fingerprint density at radius 1 is 1.22 bits per heavy atom. The van der Waals surface area contributed by atoms with E-state index in [1.54, 1.807) is 6.20 Å². The minimum Gasteiger partial charge on any atom is -0.380 e. The van der Waals surface area contributed by atoms with Crippen LogP contribution in [0.4, 0.5) is 11.4 Å². The average Bonchev–Trinajstić information content (AvgIpc) is 3.04. The Morgan fingerprint density at radius 3 is 2.48 bits per heavy atom. The highest BCUT2D eigenvalue weighted by Gasteiger charge is 2.30. The Bertz CT molecular complexity index is 810. The Hall–Kier alpha value is -1.50. The van der Waals surface area contributed by atoms with Crippen molar-refractivity contribution in [2.75, 3.05) is 36.4 Å². The third-order valence-electron chi connectivity index (χ3n) is 4.49. The van der Waals surface area contributed by atoms with E-state index in [0.717, 1.165) is 42.4 Å². The number of thiazole rings is 1. The smallest absolute Gasteiger partial charge is 0.228 e.